The van der Waals surface area contributed by atoms with Gasteiger partial charge >= 0.3 is 0 Å². The van der Waals surface area contributed by atoms with Crippen molar-refractivity contribution in [2.45, 2.75) is 29.9 Å². The van der Waals surface area contributed by atoms with Crippen LogP contribution in [-0.2, 0) is 19.3 Å². The zero-order chi connectivity index (χ0) is 19.7. The highest BCUT2D eigenvalue weighted by Gasteiger charge is 2.31. The molecule has 0 bridgehead atoms. The van der Waals surface area contributed by atoms with Crippen LogP contribution in [-0.4, -0.2) is 58.2 Å². The summed E-state index contributed by atoms with van der Waals surface area (Å²) >= 11 is 1.39. The van der Waals surface area contributed by atoms with Crippen molar-refractivity contribution in [2.75, 3.05) is 50.2 Å². The molecule has 2 aliphatic rings. The summed E-state index contributed by atoms with van der Waals surface area (Å²) in [6.07, 6.45) is 1.07. The van der Waals surface area contributed by atoms with Crippen molar-refractivity contribution in [3.8, 4) is 10.4 Å². The standard InChI is InChI=1S/C19H25N3O4S2/c1-13-18(27-19(20)21-13)14-10-15(22-4-8-26-9-5-22)12-17(11-14)28(23,24)16-2-6-25-7-3-16/h10-12,16H,2-9H2,1H3,(H2,20,21). The Morgan fingerprint density at radius 1 is 1.11 bits per heavy atom. The number of anilines is 2. The number of hydrogen-bond donors (Lipinski definition) is 1. The summed E-state index contributed by atoms with van der Waals surface area (Å²) in [6.45, 7) is 5.64. The smallest absolute Gasteiger partial charge is 0.181 e. The molecular formula is C19H25N3O4S2. The number of nitrogens with two attached hydrogens (primary N) is 1. The van der Waals surface area contributed by atoms with Gasteiger partial charge in [0.1, 0.15) is 0 Å². The number of rotatable bonds is 4. The summed E-state index contributed by atoms with van der Waals surface area (Å²) in [7, 11) is -3.44. The summed E-state index contributed by atoms with van der Waals surface area (Å²) in [5.74, 6) is 0. The lowest BCUT2D eigenvalue weighted by Crippen LogP contribution is -2.36. The molecule has 0 unspecified atom stereocenters. The number of aromatic nitrogens is 1. The van der Waals surface area contributed by atoms with Gasteiger partial charge in [0.05, 0.1) is 33.9 Å². The molecule has 3 heterocycles. The molecule has 2 saturated heterocycles. The zero-order valence-corrected chi connectivity index (χ0v) is 17.5. The van der Waals surface area contributed by atoms with Crippen LogP contribution >= 0.6 is 11.3 Å². The van der Waals surface area contributed by atoms with E-state index in [4.69, 9.17) is 15.2 Å². The molecule has 2 fully saturated rings. The van der Waals surface area contributed by atoms with Crippen LogP contribution in [0.1, 0.15) is 18.5 Å². The third-order valence-electron chi connectivity index (χ3n) is 5.28. The molecule has 0 atom stereocenters. The van der Waals surface area contributed by atoms with E-state index in [0.29, 0.717) is 49.3 Å². The first-order valence-electron chi connectivity index (χ1n) is 9.48. The average molecular weight is 424 g/mol. The number of nitrogen functional groups attached to an aromatic ring is 1. The van der Waals surface area contributed by atoms with E-state index in [1.54, 1.807) is 12.1 Å². The predicted octanol–water partition coefficient (Wildman–Crippen LogP) is 2.49. The van der Waals surface area contributed by atoms with Gasteiger partial charge in [-0.15, -0.1) is 0 Å². The maximum absolute atomic E-state index is 13.4. The zero-order valence-electron chi connectivity index (χ0n) is 15.9. The van der Waals surface area contributed by atoms with Gasteiger partial charge in [0.2, 0.25) is 0 Å². The summed E-state index contributed by atoms with van der Waals surface area (Å²) < 4.78 is 37.5. The third kappa shape index (κ3) is 3.89. The van der Waals surface area contributed by atoms with Crippen molar-refractivity contribution >= 4 is 32.0 Å². The van der Waals surface area contributed by atoms with E-state index in [0.717, 1.165) is 34.9 Å². The lowest BCUT2D eigenvalue weighted by atomic mass is 10.1. The average Bonchev–Trinajstić information content (AvgIpc) is 3.07. The number of benzene rings is 1. The Kier molecular flexibility index (Phi) is 5.59. The Bertz CT molecular complexity index is 946. The Labute approximate surface area is 169 Å². The van der Waals surface area contributed by atoms with Crippen LogP contribution in [0.15, 0.2) is 23.1 Å². The number of hydrogen-bond acceptors (Lipinski definition) is 8. The third-order valence-corrected chi connectivity index (χ3v) is 8.56. The van der Waals surface area contributed by atoms with E-state index in [2.05, 4.69) is 9.88 Å². The number of ether oxygens (including phenoxy) is 2. The Morgan fingerprint density at radius 3 is 2.43 bits per heavy atom. The topological polar surface area (TPSA) is 94.7 Å². The molecule has 28 heavy (non-hydrogen) atoms. The molecule has 9 heteroatoms. The highest BCUT2D eigenvalue weighted by atomic mass is 32.2. The minimum Gasteiger partial charge on any atom is -0.381 e. The molecule has 2 aliphatic heterocycles. The molecular weight excluding hydrogens is 398 g/mol. The van der Waals surface area contributed by atoms with Gasteiger partial charge in [0, 0.05) is 32.0 Å². The molecule has 0 spiro atoms. The van der Waals surface area contributed by atoms with E-state index in [-0.39, 0.29) is 0 Å². The summed E-state index contributed by atoms with van der Waals surface area (Å²) in [5.41, 5.74) is 8.45. The number of aryl methyl sites for hydroxylation is 1. The molecule has 0 radical (unpaired) electrons. The van der Waals surface area contributed by atoms with Crippen molar-refractivity contribution in [1.29, 1.82) is 0 Å². The molecule has 0 saturated carbocycles. The molecule has 152 valence electrons. The van der Waals surface area contributed by atoms with Gasteiger partial charge < -0.3 is 20.1 Å². The van der Waals surface area contributed by atoms with Gasteiger partial charge in [-0.3, -0.25) is 0 Å². The quantitative estimate of drug-likeness (QED) is 0.807. The first-order chi connectivity index (χ1) is 13.4. The fourth-order valence-electron chi connectivity index (χ4n) is 3.75. The van der Waals surface area contributed by atoms with Crippen molar-refractivity contribution in [1.82, 2.24) is 4.98 Å². The normalized spacial score (nSPS) is 19.1. The Morgan fingerprint density at radius 2 is 1.79 bits per heavy atom. The molecule has 7 nitrogen and oxygen atoms in total. The van der Waals surface area contributed by atoms with E-state index >= 15 is 0 Å². The van der Waals surface area contributed by atoms with Gasteiger partial charge in [0.25, 0.3) is 0 Å². The van der Waals surface area contributed by atoms with Gasteiger partial charge in [-0.1, -0.05) is 11.3 Å². The van der Waals surface area contributed by atoms with Crippen LogP contribution < -0.4 is 10.6 Å². The molecule has 1 aromatic heterocycles. The second-order valence-electron chi connectivity index (χ2n) is 7.14. The maximum Gasteiger partial charge on any atom is 0.181 e. The van der Waals surface area contributed by atoms with Crippen molar-refractivity contribution in [3.05, 3.63) is 23.9 Å². The fraction of sp³-hybridized carbons (Fsp3) is 0.526. The first-order valence-corrected chi connectivity index (χ1v) is 11.8. The summed E-state index contributed by atoms with van der Waals surface area (Å²) in [4.78, 5) is 7.76. The molecule has 2 aromatic rings. The lowest BCUT2D eigenvalue weighted by molar-refractivity contribution is 0.0983. The van der Waals surface area contributed by atoms with Crippen LogP contribution in [0, 0.1) is 6.92 Å². The van der Waals surface area contributed by atoms with Gasteiger partial charge in [-0.25, -0.2) is 13.4 Å². The van der Waals surface area contributed by atoms with E-state index in [1.807, 2.05) is 13.0 Å². The van der Waals surface area contributed by atoms with Gasteiger partial charge in [0.15, 0.2) is 15.0 Å². The number of sulfone groups is 1. The van der Waals surface area contributed by atoms with Crippen molar-refractivity contribution < 1.29 is 17.9 Å². The number of nitrogens with zero attached hydrogens (tertiary/aromatic N) is 2. The summed E-state index contributed by atoms with van der Waals surface area (Å²) in [6, 6.07) is 5.61. The second-order valence-corrected chi connectivity index (χ2v) is 10.4. The Hall–Kier alpha value is -1.68. The number of thiazole rings is 1. The highest BCUT2D eigenvalue weighted by molar-refractivity contribution is 7.92. The van der Waals surface area contributed by atoms with Crippen LogP contribution in [0.25, 0.3) is 10.4 Å². The van der Waals surface area contributed by atoms with Crippen molar-refractivity contribution in [2.24, 2.45) is 0 Å². The minimum absolute atomic E-state index is 0.366. The second kappa shape index (κ2) is 7.98. The predicted molar refractivity (Wildman–Crippen MR) is 111 cm³/mol. The molecule has 0 aliphatic carbocycles. The van der Waals surface area contributed by atoms with Gasteiger partial charge in [-0.2, -0.15) is 0 Å². The SMILES string of the molecule is Cc1nc(N)sc1-c1cc(N2CCOCC2)cc(S(=O)(=O)C2CCOCC2)c1. The first kappa shape index (κ1) is 19.6. The van der Waals surface area contributed by atoms with Crippen LogP contribution in [0.3, 0.4) is 0 Å². The molecule has 4 rings (SSSR count). The summed E-state index contributed by atoms with van der Waals surface area (Å²) in [5, 5.41) is 0.0831. The molecule has 1 aromatic carbocycles. The largest absolute Gasteiger partial charge is 0.381 e. The van der Waals surface area contributed by atoms with Crippen LogP contribution in [0.4, 0.5) is 10.8 Å². The van der Waals surface area contributed by atoms with E-state index in [9.17, 15) is 8.42 Å². The van der Waals surface area contributed by atoms with Crippen LogP contribution in [0.5, 0.6) is 0 Å². The van der Waals surface area contributed by atoms with Gasteiger partial charge in [-0.05, 0) is 43.5 Å². The molecule has 2 N–H and O–H groups in total. The Balaban J connectivity index is 1.80. The highest BCUT2D eigenvalue weighted by Crippen LogP contribution is 2.37. The van der Waals surface area contributed by atoms with Crippen LogP contribution in [0.2, 0.25) is 0 Å². The monoisotopic (exact) mass is 423 g/mol. The fourth-order valence-corrected chi connectivity index (χ4v) is 6.34. The minimum atomic E-state index is -3.44. The van der Waals surface area contributed by atoms with E-state index < -0.39 is 15.1 Å². The lowest BCUT2D eigenvalue weighted by Gasteiger charge is -2.30. The van der Waals surface area contributed by atoms with E-state index in [1.165, 1.54) is 11.3 Å². The molecule has 0 amide bonds. The maximum atomic E-state index is 13.4. The number of morpholine rings is 1. The van der Waals surface area contributed by atoms with Crippen molar-refractivity contribution in [3.63, 3.8) is 0 Å².